The number of imidazole rings is 1. The molecule has 1 aliphatic rings. The Labute approximate surface area is 158 Å². The summed E-state index contributed by atoms with van der Waals surface area (Å²) < 4.78 is 6.45. The topological polar surface area (TPSA) is 63.0 Å². The largest absolute Gasteiger partial charge is 0.464 e. The summed E-state index contributed by atoms with van der Waals surface area (Å²) in [6, 6.07) is 12.9. The highest BCUT2D eigenvalue weighted by molar-refractivity contribution is 5.88. The Hall–Kier alpha value is -2.93. The SMILES string of the molecule is COC(=O)c1cnc2nc(N3CCN(C)C(Cc4ccccc4)C3)ccn12. The number of methoxy groups -OCH3 is 1. The summed E-state index contributed by atoms with van der Waals surface area (Å²) in [5.74, 6) is 0.974. The van der Waals surface area contributed by atoms with Gasteiger partial charge in [-0.25, -0.2) is 9.78 Å². The third-order valence-corrected chi connectivity index (χ3v) is 5.17. The van der Waals surface area contributed by atoms with E-state index >= 15 is 0 Å². The summed E-state index contributed by atoms with van der Waals surface area (Å²) in [5.41, 5.74) is 1.72. The van der Waals surface area contributed by atoms with Gasteiger partial charge < -0.3 is 9.64 Å². The second kappa shape index (κ2) is 7.36. The standard InChI is InChI=1S/C20H23N5O2/c1-23-10-11-24(14-16(23)12-15-6-4-3-5-7-15)18-8-9-25-17(19(26)27-2)13-21-20(25)22-18/h3-9,13,16H,10-12,14H2,1-2H3. The minimum absolute atomic E-state index is 0.381. The molecule has 1 fully saturated rings. The lowest BCUT2D eigenvalue weighted by Gasteiger charge is -2.40. The number of nitrogens with zero attached hydrogens (tertiary/aromatic N) is 5. The van der Waals surface area contributed by atoms with E-state index in [0.717, 1.165) is 31.9 Å². The molecule has 3 heterocycles. The molecule has 1 unspecified atom stereocenters. The summed E-state index contributed by atoms with van der Waals surface area (Å²) in [6.45, 7) is 2.79. The van der Waals surface area contributed by atoms with Gasteiger partial charge in [-0.3, -0.25) is 9.30 Å². The maximum atomic E-state index is 11.8. The number of anilines is 1. The van der Waals surface area contributed by atoms with Crippen molar-refractivity contribution in [3.63, 3.8) is 0 Å². The van der Waals surface area contributed by atoms with Crippen molar-refractivity contribution in [2.45, 2.75) is 12.5 Å². The van der Waals surface area contributed by atoms with Gasteiger partial charge in [0.05, 0.1) is 13.3 Å². The highest BCUT2D eigenvalue weighted by Crippen LogP contribution is 2.20. The van der Waals surface area contributed by atoms with Crippen LogP contribution in [0.4, 0.5) is 5.82 Å². The lowest BCUT2D eigenvalue weighted by molar-refractivity contribution is 0.0593. The van der Waals surface area contributed by atoms with Gasteiger partial charge >= 0.3 is 5.97 Å². The maximum Gasteiger partial charge on any atom is 0.356 e. The van der Waals surface area contributed by atoms with Crippen molar-refractivity contribution in [1.29, 1.82) is 0 Å². The number of hydrogen-bond donors (Lipinski definition) is 0. The second-order valence-corrected chi connectivity index (χ2v) is 6.86. The summed E-state index contributed by atoms with van der Waals surface area (Å²) in [7, 11) is 3.54. The first-order valence-corrected chi connectivity index (χ1v) is 9.07. The molecule has 0 bridgehead atoms. The van der Waals surface area contributed by atoms with Crippen molar-refractivity contribution in [1.82, 2.24) is 19.3 Å². The Balaban J connectivity index is 1.55. The van der Waals surface area contributed by atoms with Crippen molar-refractivity contribution >= 4 is 17.6 Å². The number of aromatic nitrogens is 3. The zero-order valence-corrected chi connectivity index (χ0v) is 15.6. The van der Waals surface area contributed by atoms with Crippen molar-refractivity contribution in [2.24, 2.45) is 0 Å². The molecule has 1 atom stereocenters. The van der Waals surface area contributed by atoms with E-state index in [1.54, 1.807) is 4.40 Å². The number of ether oxygens (including phenoxy) is 1. The number of fused-ring (bicyclic) bond motifs is 1. The van der Waals surface area contributed by atoms with Crippen molar-refractivity contribution in [3.05, 3.63) is 60.0 Å². The fraction of sp³-hybridized carbons (Fsp3) is 0.350. The van der Waals surface area contributed by atoms with E-state index in [9.17, 15) is 4.79 Å². The molecule has 7 nitrogen and oxygen atoms in total. The Kier molecular flexibility index (Phi) is 4.77. The Morgan fingerprint density at radius 3 is 2.81 bits per heavy atom. The van der Waals surface area contributed by atoms with Crippen LogP contribution in [0.5, 0.6) is 0 Å². The molecule has 2 aromatic heterocycles. The molecule has 0 amide bonds. The Bertz CT molecular complexity index is 940. The number of piperazine rings is 1. The van der Waals surface area contributed by atoms with Gasteiger partial charge in [-0.05, 0) is 25.1 Å². The van der Waals surface area contributed by atoms with Gasteiger partial charge in [-0.1, -0.05) is 30.3 Å². The molecule has 0 spiro atoms. The molecule has 1 aliphatic heterocycles. The van der Waals surface area contributed by atoms with Gasteiger partial charge in [-0.15, -0.1) is 0 Å². The highest BCUT2D eigenvalue weighted by atomic mass is 16.5. The zero-order chi connectivity index (χ0) is 18.8. The van der Waals surface area contributed by atoms with Crippen LogP contribution in [0.3, 0.4) is 0 Å². The number of carbonyl (C=O) groups is 1. The average Bonchev–Trinajstić information content (AvgIpc) is 3.13. The monoisotopic (exact) mass is 365 g/mol. The van der Waals surface area contributed by atoms with Gasteiger partial charge in [0.15, 0.2) is 5.69 Å². The van der Waals surface area contributed by atoms with Crippen LogP contribution in [0.15, 0.2) is 48.8 Å². The lowest BCUT2D eigenvalue weighted by Crippen LogP contribution is -2.52. The molecule has 0 saturated carbocycles. The van der Waals surface area contributed by atoms with Gasteiger partial charge in [0.2, 0.25) is 5.78 Å². The van der Waals surface area contributed by atoms with E-state index in [0.29, 0.717) is 17.5 Å². The molecular formula is C20H23N5O2. The normalized spacial score (nSPS) is 18.0. The molecule has 7 heteroatoms. The lowest BCUT2D eigenvalue weighted by atomic mass is 10.0. The van der Waals surface area contributed by atoms with Crippen LogP contribution in [0.1, 0.15) is 16.1 Å². The number of carbonyl (C=O) groups excluding carboxylic acids is 1. The zero-order valence-electron chi connectivity index (χ0n) is 15.6. The molecule has 140 valence electrons. The highest BCUT2D eigenvalue weighted by Gasteiger charge is 2.26. The second-order valence-electron chi connectivity index (χ2n) is 6.86. The molecule has 0 aliphatic carbocycles. The van der Waals surface area contributed by atoms with E-state index in [1.807, 2.05) is 18.3 Å². The fourth-order valence-electron chi connectivity index (χ4n) is 3.55. The van der Waals surface area contributed by atoms with Crippen LogP contribution in [0.25, 0.3) is 5.78 Å². The van der Waals surface area contributed by atoms with E-state index in [1.165, 1.54) is 18.9 Å². The summed E-state index contributed by atoms with van der Waals surface area (Å²) in [5, 5.41) is 0. The molecule has 0 N–H and O–H groups in total. The fourth-order valence-corrected chi connectivity index (χ4v) is 3.55. The predicted molar refractivity (Wildman–Crippen MR) is 103 cm³/mol. The Morgan fingerprint density at radius 2 is 2.04 bits per heavy atom. The smallest absolute Gasteiger partial charge is 0.356 e. The van der Waals surface area contributed by atoms with E-state index < -0.39 is 5.97 Å². The Morgan fingerprint density at radius 1 is 1.22 bits per heavy atom. The molecule has 3 aromatic rings. The van der Waals surface area contributed by atoms with Crippen LogP contribution in [0, 0.1) is 0 Å². The van der Waals surface area contributed by atoms with Gasteiger partial charge in [0, 0.05) is 31.9 Å². The molecule has 27 heavy (non-hydrogen) atoms. The minimum Gasteiger partial charge on any atom is -0.464 e. The van der Waals surface area contributed by atoms with E-state index in [2.05, 4.69) is 51.1 Å². The predicted octanol–water partition coefficient (Wildman–Crippen LogP) is 1.88. The van der Waals surface area contributed by atoms with Crippen LogP contribution < -0.4 is 4.90 Å². The van der Waals surface area contributed by atoms with Crippen molar-refractivity contribution < 1.29 is 9.53 Å². The summed E-state index contributed by atoms with van der Waals surface area (Å²) in [4.78, 5) is 25.4. The third-order valence-electron chi connectivity index (χ3n) is 5.17. The molecule has 1 aromatic carbocycles. The molecular weight excluding hydrogens is 342 g/mol. The molecule has 4 rings (SSSR count). The van der Waals surface area contributed by atoms with Gasteiger partial charge in [-0.2, -0.15) is 4.98 Å². The first kappa shape index (κ1) is 17.5. The van der Waals surface area contributed by atoms with Gasteiger partial charge in [0.1, 0.15) is 5.82 Å². The number of benzene rings is 1. The number of esters is 1. The quantitative estimate of drug-likeness (QED) is 0.658. The number of likely N-dealkylation sites (N-methyl/N-ethyl adjacent to an activating group) is 1. The van der Waals surface area contributed by atoms with Crippen LogP contribution >= 0.6 is 0 Å². The minimum atomic E-state index is -0.417. The average molecular weight is 365 g/mol. The maximum absolute atomic E-state index is 11.8. The van der Waals surface area contributed by atoms with Crippen LogP contribution in [-0.4, -0.2) is 65.1 Å². The van der Waals surface area contributed by atoms with Crippen LogP contribution in [0.2, 0.25) is 0 Å². The first-order valence-electron chi connectivity index (χ1n) is 9.07. The molecule has 0 radical (unpaired) electrons. The van der Waals surface area contributed by atoms with Gasteiger partial charge in [0.25, 0.3) is 0 Å². The van der Waals surface area contributed by atoms with Crippen molar-refractivity contribution in [2.75, 3.05) is 38.7 Å². The summed E-state index contributed by atoms with van der Waals surface area (Å²) >= 11 is 0. The first-order chi connectivity index (χ1) is 13.2. The van der Waals surface area contributed by atoms with E-state index in [4.69, 9.17) is 4.74 Å². The van der Waals surface area contributed by atoms with Crippen LogP contribution in [-0.2, 0) is 11.2 Å². The summed E-state index contributed by atoms with van der Waals surface area (Å²) in [6.07, 6.45) is 4.34. The number of rotatable bonds is 4. The van der Waals surface area contributed by atoms with Crippen molar-refractivity contribution in [3.8, 4) is 0 Å². The van der Waals surface area contributed by atoms with E-state index in [-0.39, 0.29) is 0 Å². The third kappa shape index (κ3) is 3.50. The number of hydrogen-bond acceptors (Lipinski definition) is 6. The molecule has 1 saturated heterocycles.